The molecule has 0 atom stereocenters. The minimum absolute atomic E-state index is 0.538. The molecule has 0 aliphatic rings. The summed E-state index contributed by atoms with van der Waals surface area (Å²) in [6.07, 6.45) is 12.3. The molecule has 0 unspecified atom stereocenters. The first-order chi connectivity index (χ1) is 10.1. The summed E-state index contributed by atoms with van der Waals surface area (Å²) < 4.78 is 4.48. The van der Waals surface area contributed by atoms with Crippen LogP contribution < -0.4 is 9.13 Å². The van der Waals surface area contributed by atoms with Gasteiger partial charge in [0, 0.05) is 24.3 Å². The van der Waals surface area contributed by atoms with Crippen LogP contribution in [0.5, 0.6) is 0 Å². The first-order valence-corrected chi connectivity index (χ1v) is 8.05. The summed E-state index contributed by atoms with van der Waals surface area (Å²) in [4.78, 5) is 0. The maximum Gasteiger partial charge on any atom is 0.169 e. The van der Waals surface area contributed by atoms with Crippen molar-refractivity contribution in [3.05, 3.63) is 60.2 Å². The Balaban J connectivity index is 1.83. The predicted molar refractivity (Wildman–Crippen MR) is 86.1 cm³/mol. The van der Waals surface area contributed by atoms with E-state index in [2.05, 4.69) is 85.9 Å². The third kappa shape index (κ3) is 4.66. The highest BCUT2D eigenvalue weighted by atomic mass is 15.0. The Morgan fingerprint density at radius 3 is 1.29 bits per heavy atom. The summed E-state index contributed by atoms with van der Waals surface area (Å²) in [6.45, 7) is 8.83. The zero-order valence-electron chi connectivity index (χ0n) is 13.8. The summed E-state index contributed by atoms with van der Waals surface area (Å²) >= 11 is 0. The van der Waals surface area contributed by atoms with Crippen molar-refractivity contribution in [2.24, 2.45) is 0 Å². The third-order valence-corrected chi connectivity index (χ3v) is 3.97. The van der Waals surface area contributed by atoms with E-state index >= 15 is 0 Å². The lowest BCUT2D eigenvalue weighted by atomic mass is 10.1. The van der Waals surface area contributed by atoms with Gasteiger partial charge < -0.3 is 0 Å². The second-order valence-electron chi connectivity index (χ2n) is 6.35. The lowest BCUT2D eigenvalue weighted by Crippen LogP contribution is -2.35. The van der Waals surface area contributed by atoms with Gasteiger partial charge >= 0.3 is 0 Å². The lowest BCUT2D eigenvalue weighted by Gasteiger charge is -2.04. The van der Waals surface area contributed by atoms with E-state index in [0.29, 0.717) is 12.1 Å². The number of nitrogens with zero attached hydrogens (tertiary/aromatic N) is 2. The van der Waals surface area contributed by atoms with Gasteiger partial charge in [-0.1, -0.05) is 0 Å². The van der Waals surface area contributed by atoms with Gasteiger partial charge in [0.05, 0.1) is 0 Å². The topological polar surface area (TPSA) is 7.76 Å². The Hall–Kier alpha value is -1.70. The fraction of sp³-hybridized carbons (Fsp3) is 0.474. The molecule has 2 aromatic heterocycles. The van der Waals surface area contributed by atoms with Gasteiger partial charge in [-0.15, -0.1) is 0 Å². The highest BCUT2D eigenvalue weighted by Crippen LogP contribution is 2.07. The van der Waals surface area contributed by atoms with Crippen LogP contribution in [0.15, 0.2) is 49.1 Å². The largest absolute Gasteiger partial charge is 0.203 e. The normalized spacial score (nSPS) is 11.3. The molecular weight excluding hydrogens is 256 g/mol. The van der Waals surface area contributed by atoms with Crippen LogP contribution in [-0.4, -0.2) is 0 Å². The highest BCUT2D eigenvalue weighted by Gasteiger charge is 2.06. The van der Waals surface area contributed by atoms with Crippen LogP contribution in [0.2, 0.25) is 0 Å². The van der Waals surface area contributed by atoms with E-state index in [1.54, 1.807) is 0 Å². The predicted octanol–water partition coefficient (Wildman–Crippen LogP) is 3.60. The molecule has 2 rings (SSSR count). The van der Waals surface area contributed by atoms with Crippen molar-refractivity contribution in [1.29, 1.82) is 0 Å². The van der Waals surface area contributed by atoms with Gasteiger partial charge in [-0.25, -0.2) is 9.13 Å². The minimum Gasteiger partial charge on any atom is -0.203 e. The number of pyridine rings is 2. The second kappa shape index (κ2) is 7.35. The van der Waals surface area contributed by atoms with Gasteiger partial charge in [-0.05, 0) is 58.1 Å². The number of rotatable bonds is 6. The van der Waals surface area contributed by atoms with E-state index in [4.69, 9.17) is 0 Å². The molecule has 0 aliphatic heterocycles. The average Bonchev–Trinajstić information content (AvgIpc) is 2.48. The number of hydrogen-bond acceptors (Lipinski definition) is 0. The molecule has 0 amide bonds. The summed E-state index contributed by atoms with van der Waals surface area (Å²) in [5, 5.41) is 0. The van der Waals surface area contributed by atoms with Crippen molar-refractivity contribution in [3.63, 3.8) is 0 Å². The lowest BCUT2D eigenvalue weighted by molar-refractivity contribution is -0.716. The van der Waals surface area contributed by atoms with E-state index in [1.165, 1.54) is 17.5 Å². The van der Waals surface area contributed by atoms with E-state index in [-0.39, 0.29) is 0 Å². The zero-order valence-corrected chi connectivity index (χ0v) is 13.8. The molecular formula is C19H28N2+2. The maximum absolute atomic E-state index is 2.25. The van der Waals surface area contributed by atoms with Crippen LogP contribution in [0.3, 0.4) is 0 Å². The van der Waals surface area contributed by atoms with Crippen LogP contribution >= 0.6 is 0 Å². The second-order valence-corrected chi connectivity index (χ2v) is 6.35. The van der Waals surface area contributed by atoms with Crippen molar-refractivity contribution in [3.8, 4) is 0 Å². The molecule has 0 N–H and O–H groups in total. The van der Waals surface area contributed by atoms with Gasteiger partial charge in [0.1, 0.15) is 0 Å². The molecule has 0 fully saturated rings. The van der Waals surface area contributed by atoms with Crippen molar-refractivity contribution in [1.82, 2.24) is 0 Å². The van der Waals surface area contributed by atoms with Gasteiger partial charge in [0.2, 0.25) is 0 Å². The number of aryl methyl sites for hydroxylation is 2. The van der Waals surface area contributed by atoms with Crippen LogP contribution in [0, 0.1) is 0 Å². The molecule has 21 heavy (non-hydrogen) atoms. The fourth-order valence-corrected chi connectivity index (χ4v) is 2.46. The number of hydrogen-bond donors (Lipinski definition) is 0. The molecule has 0 spiro atoms. The zero-order chi connectivity index (χ0) is 15.2. The Bertz CT molecular complexity index is 487. The van der Waals surface area contributed by atoms with E-state index < -0.39 is 0 Å². The summed E-state index contributed by atoms with van der Waals surface area (Å²) in [7, 11) is 0. The molecule has 0 radical (unpaired) electrons. The molecule has 0 saturated heterocycles. The van der Waals surface area contributed by atoms with Crippen LogP contribution in [-0.2, 0) is 12.8 Å². The monoisotopic (exact) mass is 284 g/mol. The van der Waals surface area contributed by atoms with E-state index in [0.717, 1.165) is 12.8 Å². The molecule has 0 aromatic carbocycles. The molecule has 2 heterocycles. The molecule has 0 saturated carbocycles. The molecule has 0 aliphatic carbocycles. The van der Waals surface area contributed by atoms with Crippen molar-refractivity contribution < 1.29 is 9.13 Å². The molecule has 0 bridgehead atoms. The first kappa shape index (κ1) is 15.7. The Morgan fingerprint density at radius 1 is 0.667 bits per heavy atom. The van der Waals surface area contributed by atoms with Gasteiger partial charge in [0.25, 0.3) is 0 Å². The Morgan fingerprint density at radius 2 is 1.00 bits per heavy atom. The summed E-state index contributed by atoms with van der Waals surface area (Å²) in [5.74, 6) is 0. The minimum atomic E-state index is 0.538. The highest BCUT2D eigenvalue weighted by molar-refractivity contribution is 5.10. The van der Waals surface area contributed by atoms with Gasteiger partial charge in [-0.3, -0.25) is 0 Å². The molecule has 112 valence electrons. The Kier molecular flexibility index (Phi) is 5.49. The molecule has 2 nitrogen and oxygen atoms in total. The standard InChI is InChI=1S/C19H28N2/c1-16(2)20-12-8-18(9-13-20)6-5-7-19-10-14-21(15-11-19)17(3)4/h8-17H,5-7H2,1-4H3/q+2. The Labute approximate surface area is 129 Å². The van der Waals surface area contributed by atoms with Crippen LogP contribution in [0.4, 0.5) is 0 Å². The van der Waals surface area contributed by atoms with Crippen molar-refractivity contribution in [2.45, 2.75) is 59.0 Å². The molecule has 2 aromatic rings. The quantitative estimate of drug-likeness (QED) is 0.716. The fourth-order valence-electron chi connectivity index (χ4n) is 2.46. The third-order valence-electron chi connectivity index (χ3n) is 3.97. The van der Waals surface area contributed by atoms with Gasteiger partial charge in [0.15, 0.2) is 36.9 Å². The first-order valence-electron chi connectivity index (χ1n) is 8.05. The van der Waals surface area contributed by atoms with Crippen LogP contribution in [0.1, 0.15) is 57.3 Å². The van der Waals surface area contributed by atoms with Crippen molar-refractivity contribution in [2.75, 3.05) is 0 Å². The van der Waals surface area contributed by atoms with E-state index in [1.807, 2.05) is 0 Å². The van der Waals surface area contributed by atoms with Gasteiger partial charge in [-0.2, -0.15) is 0 Å². The average molecular weight is 284 g/mol. The SMILES string of the molecule is CC(C)[n+]1ccc(CCCc2cc[n+](C(C)C)cc2)cc1. The van der Waals surface area contributed by atoms with Crippen molar-refractivity contribution >= 4 is 0 Å². The summed E-state index contributed by atoms with van der Waals surface area (Å²) in [5.41, 5.74) is 2.86. The smallest absolute Gasteiger partial charge is 0.169 e. The maximum atomic E-state index is 2.25. The van der Waals surface area contributed by atoms with Crippen LogP contribution in [0.25, 0.3) is 0 Å². The summed E-state index contributed by atoms with van der Waals surface area (Å²) in [6, 6.07) is 10.1. The molecule has 2 heteroatoms. The van der Waals surface area contributed by atoms with E-state index in [9.17, 15) is 0 Å². The number of aromatic nitrogens is 2.